The Kier molecular flexibility index (Phi) is 8.35. The second kappa shape index (κ2) is 12.5. The Morgan fingerprint density at radius 1 is 0.977 bits per heavy atom. The minimum atomic E-state index is -3.99. The molecule has 2 aliphatic rings. The van der Waals surface area contributed by atoms with E-state index in [1.54, 1.807) is 62.0 Å². The molecule has 3 heterocycles. The first-order valence-corrected chi connectivity index (χ1v) is 15.8. The van der Waals surface area contributed by atoms with Crippen molar-refractivity contribution < 1.29 is 27.4 Å². The Morgan fingerprint density at radius 3 is 2.51 bits per heavy atom. The van der Waals surface area contributed by atoms with Gasteiger partial charge in [0.15, 0.2) is 11.5 Å². The lowest BCUT2D eigenvalue weighted by Crippen LogP contribution is -2.39. The Balaban J connectivity index is 1.14. The van der Waals surface area contributed by atoms with Crippen LogP contribution in [0.15, 0.2) is 84.0 Å². The normalized spacial score (nSPS) is 15.8. The number of carbonyl (C=O) groups excluding carboxylic acids is 1. The first-order chi connectivity index (χ1) is 20.9. The van der Waals surface area contributed by atoms with Crippen LogP contribution in [0.3, 0.4) is 0 Å². The van der Waals surface area contributed by atoms with E-state index >= 15 is 0 Å². The summed E-state index contributed by atoms with van der Waals surface area (Å²) in [6.07, 6.45) is 5.43. The van der Waals surface area contributed by atoms with Crippen molar-refractivity contribution in [2.75, 3.05) is 38.4 Å². The molecule has 1 unspecified atom stereocenters. The molecule has 2 N–H and O–H groups in total. The van der Waals surface area contributed by atoms with Crippen LogP contribution in [0.2, 0.25) is 0 Å². The maximum Gasteiger partial charge on any atom is 0.241 e. The number of benzene rings is 3. The van der Waals surface area contributed by atoms with E-state index in [9.17, 15) is 13.2 Å². The van der Waals surface area contributed by atoms with E-state index in [0.29, 0.717) is 35.3 Å². The van der Waals surface area contributed by atoms with Crippen molar-refractivity contribution in [1.29, 1.82) is 0 Å². The van der Waals surface area contributed by atoms with E-state index in [2.05, 4.69) is 19.9 Å². The number of hydrogen-bond acceptors (Lipinski definition) is 8. The molecule has 0 saturated carbocycles. The van der Waals surface area contributed by atoms with Crippen LogP contribution in [0.1, 0.15) is 30.9 Å². The minimum absolute atomic E-state index is 0.0699. The number of hydrogen-bond donors (Lipinski definition) is 2. The summed E-state index contributed by atoms with van der Waals surface area (Å²) < 4.78 is 46.2. The van der Waals surface area contributed by atoms with Gasteiger partial charge in [-0.3, -0.25) is 9.78 Å². The molecule has 2 aliphatic heterocycles. The van der Waals surface area contributed by atoms with Gasteiger partial charge in [-0.25, -0.2) is 13.1 Å². The molecule has 0 bridgehead atoms. The van der Waals surface area contributed by atoms with Crippen molar-refractivity contribution in [3.05, 3.63) is 84.7 Å². The molecule has 43 heavy (non-hydrogen) atoms. The molecular weight excluding hydrogens is 568 g/mol. The smallest absolute Gasteiger partial charge is 0.241 e. The third-order valence-corrected chi connectivity index (χ3v) is 9.51. The molecule has 11 heteroatoms. The van der Waals surface area contributed by atoms with Gasteiger partial charge in [-0.2, -0.15) is 0 Å². The quantitative estimate of drug-likeness (QED) is 0.274. The van der Waals surface area contributed by atoms with Crippen molar-refractivity contribution in [3.8, 4) is 17.2 Å². The molecule has 0 spiro atoms. The second-order valence-electron chi connectivity index (χ2n) is 10.8. The van der Waals surface area contributed by atoms with Crippen LogP contribution in [0.25, 0.3) is 10.8 Å². The fourth-order valence-electron chi connectivity index (χ4n) is 5.57. The Labute approximate surface area is 251 Å². The molecule has 6 rings (SSSR count). The number of rotatable bonds is 10. The minimum Gasteiger partial charge on any atom is -0.497 e. The van der Waals surface area contributed by atoms with Crippen LogP contribution in [-0.2, 0) is 14.8 Å². The predicted molar refractivity (Wildman–Crippen MR) is 163 cm³/mol. The Bertz CT molecular complexity index is 1710. The number of piperidine rings is 1. The van der Waals surface area contributed by atoms with Crippen molar-refractivity contribution in [2.24, 2.45) is 5.92 Å². The average Bonchev–Trinajstić information content (AvgIpc) is 3.52. The number of nitrogens with zero attached hydrogens (tertiary/aromatic N) is 2. The summed E-state index contributed by atoms with van der Waals surface area (Å²) in [4.78, 5) is 19.7. The van der Waals surface area contributed by atoms with Gasteiger partial charge in [-0.1, -0.05) is 18.2 Å². The van der Waals surface area contributed by atoms with E-state index < -0.39 is 16.1 Å². The van der Waals surface area contributed by atoms with Gasteiger partial charge < -0.3 is 24.4 Å². The van der Waals surface area contributed by atoms with Crippen LogP contribution in [0.5, 0.6) is 17.2 Å². The molecule has 0 radical (unpaired) electrons. The standard InChI is InChI=1S/C32H34N4O6S/c1-40-27-5-2-24-17-28(6-3-23(24)16-27)43(38,39)35-29(25-4-7-30-31(18-25)42-21-41-30)19-32(37)34-20-22-10-14-36(15-11-22)26-8-12-33-13-9-26/h2-9,12-13,16-18,22,29,35H,10-11,14-15,19-21H2,1H3,(H,34,37). The molecule has 1 saturated heterocycles. The van der Waals surface area contributed by atoms with Crippen molar-refractivity contribution in [2.45, 2.75) is 30.2 Å². The van der Waals surface area contributed by atoms with Crippen molar-refractivity contribution >= 4 is 32.4 Å². The highest BCUT2D eigenvalue weighted by Crippen LogP contribution is 2.35. The number of carbonyl (C=O) groups is 1. The number of pyridine rings is 1. The first kappa shape index (κ1) is 28.8. The Morgan fingerprint density at radius 2 is 1.72 bits per heavy atom. The van der Waals surface area contributed by atoms with E-state index in [1.807, 2.05) is 24.3 Å². The molecule has 0 aliphatic carbocycles. The van der Waals surface area contributed by atoms with Gasteiger partial charge >= 0.3 is 0 Å². The van der Waals surface area contributed by atoms with Gasteiger partial charge in [-0.05, 0) is 83.6 Å². The van der Waals surface area contributed by atoms with E-state index in [-0.39, 0.29) is 24.0 Å². The van der Waals surface area contributed by atoms with Gasteiger partial charge in [0.1, 0.15) is 5.75 Å². The maximum atomic E-state index is 13.6. The molecule has 3 aromatic carbocycles. The highest BCUT2D eigenvalue weighted by Gasteiger charge is 2.27. The number of aromatic nitrogens is 1. The summed E-state index contributed by atoms with van der Waals surface area (Å²) in [6.45, 7) is 2.45. The average molecular weight is 603 g/mol. The van der Waals surface area contributed by atoms with Crippen molar-refractivity contribution in [1.82, 2.24) is 15.0 Å². The van der Waals surface area contributed by atoms with Gasteiger partial charge in [0.25, 0.3) is 0 Å². The fourth-order valence-corrected chi connectivity index (χ4v) is 6.83. The largest absolute Gasteiger partial charge is 0.497 e. The number of methoxy groups -OCH3 is 1. The lowest BCUT2D eigenvalue weighted by atomic mass is 9.96. The SMILES string of the molecule is COc1ccc2cc(S(=O)(=O)NC(CC(=O)NCC3CCN(c4ccncc4)CC3)c3ccc4c(c3)OCO4)ccc2c1. The summed E-state index contributed by atoms with van der Waals surface area (Å²) in [6, 6.07) is 18.8. The van der Waals surface area contributed by atoms with Gasteiger partial charge in [0.05, 0.1) is 18.0 Å². The summed E-state index contributed by atoms with van der Waals surface area (Å²) in [5, 5.41) is 4.67. The summed E-state index contributed by atoms with van der Waals surface area (Å²) in [7, 11) is -2.40. The topological polar surface area (TPSA) is 119 Å². The zero-order valence-electron chi connectivity index (χ0n) is 23.9. The number of ether oxygens (including phenoxy) is 3. The number of anilines is 1. The monoisotopic (exact) mass is 602 g/mol. The predicted octanol–water partition coefficient (Wildman–Crippen LogP) is 4.41. The summed E-state index contributed by atoms with van der Waals surface area (Å²) >= 11 is 0. The molecular formula is C32H34N4O6S. The molecule has 1 aromatic heterocycles. The Hall–Kier alpha value is -4.35. The highest BCUT2D eigenvalue weighted by molar-refractivity contribution is 7.89. The van der Waals surface area contributed by atoms with Crippen molar-refractivity contribution in [3.63, 3.8) is 0 Å². The van der Waals surface area contributed by atoms with Crippen LogP contribution < -0.4 is 29.1 Å². The molecule has 1 atom stereocenters. The van der Waals surface area contributed by atoms with E-state index in [1.165, 1.54) is 0 Å². The van der Waals surface area contributed by atoms with Crippen LogP contribution in [-0.4, -0.2) is 52.8 Å². The molecule has 224 valence electrons. The van der Waals surface area contributed by atoms with Crippen LogP contribution in [0, 0.1) is 5.92 Å². The zero-order valence-corrected chi connectivity index (χ0v) is 24.7. The van der Waals surface area contributed by atoms with Crippen LogP contribution >= 0.6 is 0 Å². The second-order valence-corrected chi connectivity index (χ2v) is 12.5. The number of nitrogens with one attached hydrogen (secondary N) is 2. The highest BCUT2D eigenvalue weighted by atomic mass is 32.2. The maximum absolute atomic E-state index is 13.6. The fraction of sp³-hybridized carbons (Fsp3) is 0.312. The molecule has 10 nitrogen and oxygen atoms in total. The van der Waals surface area contributed by atoms with E-state index in [4.69, 9.17) is 14.2 Å². The molecule has 1 fully saturated rings. The third-order valence-electron chi connectivity index (χ3n) is 8.05. The lowest BCUT2D eigenvalue weighted by molar-refractivity contribution is -0.121. The van der Waals surface area contributed by atoms with Gasteiger partial charge in [0, 0.05) is 44.1 Å². The third kappa shape index (κ3) is 6.68. The number of fused-ring (bicyclic) bond motifs is 2. The summed E-state index contributed by atoms with van der Waals surface area (Å²) in [5.74, 6) is 1.90. The van der Waals surface area contributed by atoms with Gasteiger partial charge in [-0.15, -0.1) is 0 Å². The number of sulfonamides is 1. The molecule has 4 aromatic rings. The zero-order chi connectivity index (χ0) is 29.8. The lowest BCUT2D eigenvalue weighted by Gasteiger charge is -2.33. The number of amides is 1. The van der Waals surface area contributed by atoms with Crippen LogP contribution in [0.4, 0.5) is 5.69 Å². The summed E-state index contributed by atoms with van der Waals surface area (Å²) in [5.41, 5.74) is 1.77. The van der Waals surface area contributed by atoms with Gasteiger partial charge in [0.2, 0.25) is 22.7 Å². The van der Waals surface area contributed by atoms with E-state index in [0.717, 1.165) is 42.4 Å². The molecule has 1 amide bonds. The first-order valence-electron chi connectivity index (χ1n) is 14.3.